The van der Waals surface area contributed by atoms with E-state index in [4.69, 9.17) is 4.74 Å². The fourth-order valence-electron chi connectivity index (χ4n) is 13.7. The summed E-state index contributed by atoms with van der Waals surface area (Å²) in [6.45, 7) is 20.6. The summed E-state index contributed by atoms with van der Waals surface area (Å²) in [5, 5.41) is 91.1. The topological polar surface area (TPSA) is 498 Å². The van der Waals surface area contributed by atoms with Crippen LogP contribution in [0.3, 0.4) is 0 Å². The third kappa shape index (κ3) is 26.3. The number of nitrogens with one attached hydrogen (secondary N) is 10. The quantitative estimate of drug-likeness (QED) is 0.0550. The first-order valence-electron chi connectivity index (χ1n) is 39.5. The Morgan fingerprint density at radius 2 is 0.729 bits per heavy atom. The lowest BCUT2D eigenvalue weighted by molar-refractivity contribution is -0.165. The standard InChI is InChI=1S/C29H39N5O6.C28H37N5O6.C28H36N4O7/c1-16(2)14-21-26(37)31-18(4)23(33-28(39)24-22(35)12-9-13-30-24)27(38)32-20(15-19-10-7-6-8-11-19)25(36)17(3)29(40)34(21)5;1-15(2)13-20-26(37)30-17(4)22(33-28(39)23-21(34)11-8-12-29-23)27(38)31-19(14-18-9-6-5-7-10-18)24(35)16(3)25(36)32-20;1-15(2)13-21-25(35)30-17(4)22(32-27(37)23-20(33)11-8-12-29-23)26(36)31-19(14-18-9-6-5-7-10-18)24(34)16(3)28(38)39-21/h6-13,16-18,20-21,23,25,35-36H,14-15H2,1-5H3,(H,31,37)(H,32,38)(H,33,39);5-12,15-17,19-20,22,24,34-35H,13-14H2,1-4H3,(H,30,37)(H,31,38)(H,32,36)(H,33,39);5-12,15-17,19,21-22,24,33-34H,13-14H2,1-4H3,(H,30,35)(H,31,36)(H,32,37)/t17-,18-,20+,21?,23+,25+;16-,17-,19+,20?,22+,24+;16-,17-,19+,21?,22+,24+/m111/s1. The molecule has 3 aliphatic heterocycles. The Bertz CT molecular complexity index is 4250. The van der Waals surface area contributed by atoms with Crippen molar-refractivity contribution in [2.75, 3.05) is 7.05 Å². The molecule has 11 amide bonds. The molecular weight excluding hydrogens is 1520 g/mol. The van der Waals surface area contributed by atoms with Gasteiger partial charge in [-0.25, -0.2) is 15.0 Å². The zero-order valence-electron chi connectivity index (χ0n) is 68.5. The van der Waals surface area contributed by atoms with Crippen LogP contribution in [0.5, 0.6) is 17.2 Å². The average Bonchev–Trinajstić information content (AvgIpc) is 0.825. The van der Waals surface area contributed by atoms with Gasteiger partial charge >= 0.3 is 5.97 Å². The summed E-state index contributed by atoms with van der Waals surface area (Å²) in [5.74, 6) is -11.9. The van der Waals surface area contributed by atoms with E-state index >= 15 is 0 Å². The average molecular weight is 1630 g/mol. The van der Waals surface area contributed by atoms with E-state index in [0.717, 1.165) is 16.7 Å². The minimum atomic E-state index is -1.37. The molecule has 3 aromatic heterocycles. The Morgan fingerprint density at radius 3 is 1.08 bits per heavy atom. The van der Waals surface area contributed by atoms with E-state index in [9.17, 15) is 88.2 Å². The Morgan fingerprint density at radius 1 is 0.398 bits per heavy atom. The van der Waals surface area contributed by atoms with Gasteiger partial charge in [-0.3, -0.25) is 57.5 Å². The van der Waals surface area contributed by atoms with Crippen molar-refractivity contribution in [2.45, 2.75) is 212 Å². The van der Waals surface area contributed by atoms with E-state index in [-0.39, 0.29) is 77.8 Å². The zero-order chi connectivity index (χ0) is 86.9. The molecule has 0 saturated carbocycles. The monoisotopic (exact) mass is 1630 g/mol. The molecule has 3 saturated heterocycles. The molecule has 118 heavy (non-hydrogen) atoms. The molecule has 9 rings (SSSR count). The Balaban J connectivity index is 0.000000244. The summed E-state index contributed by atoms with van der Waals surface area (Å²) in [7, 11) is 1.53. The number of esters is 1. The number of pyridine rings is 3. The number of carbonyl (C=O) groups is 12. The molecular formula is C85H112N14O19. The first-order valence-corrected chi connectivity index (χ1v) is 39.5. The first kappa shape index (κ1) is 93.2. The number of likely N-dealkylation sites (N-methyl/N-ethyl adjacent to an activating group) is 1. The molecule has 33 nitrogen and oxygen atoms in total. The smallest absolute Gasteiger partial charge is 0.312 e. The zero-order valence-corrected chi connectivity index (χ0v) is 68.5. The highest BCUT2D eigenvalue weighted by atomic mass is 16.5. The van der Waals surface area contributed by atoms with Crippen LogP contribution in [0.1, 0.15) is 151 Å². The molecule has 0 spiro atoms. The molecule has 3 aliphatic rings. The Kier molecular flexibility index (Phi) is 34.6. The molecule has 0 bridgehead atoms. The van der Waals surface area contributed by atoms with E-state index in [1.807, 2.05) is 133 Å². The van der Waals surface area contributed by atoms with Crippen molar-refractivity contribution in [3.63, 3.8) is 0 Å². The molecule has 0 aliphatic carbocycles. The number of aromatic nitrogens is 3. The maximum Gasteiger partial charge on any atom is 0.312 e. The summed E-state index contributed by atoms with van der Waals surface area (Å²) in [4.78, 5) is 172. The van der Waals surface area contributed by atoms with Gasteiger partial charge in [-0.1, -0.05) is 146 Å². The SMILES string of the molecule is CC(C)CC1C(=O)N[C@H](C)[C@H](NC(=O)c2ncccc2O)C(=O)N[C@@H](Cc2ccccc2)[C@@H](O)[C@@H](C)C(=O)N1C.CC(C)CC1NC(=O)[C@H](C)[C@H](O)[C@H](Cc2ccccc2)NC(=O)[C@@H](NC(=O)c2ncccc2O)[C@@H](C)NC1=O.CC(C)CC1OC(=O)[C@H](C)[C@H](O)[C@H](Cc2ccccc2)NC(=O)[C@@H](NC(=O)c2ncccc2O)[C@@H](C)NC1=O. The number of aromatic hydroxyl groups is 3. The molecule has 0 radical (unpaired) electrons. The van der Waals surface area contributed by atoms with Crippen LogP contribution >= 0.6 is 0 Å². The maximum atomic E-state index is 13.7. The van der Waals surface area contributed by atoms with Crippen molar-refractivity contribution in [3.05, 3.63) is 180 Å². The number of rotatable bonds is 18. The molecule has 3 unspecified atom stereocenters. The van der Waals surface area contributed by atoms with Gasteiger partial charge in [-0.15, -0.1) is 0 Å². The number of benzene rings is 3. The highest BCUT2D eigenvalue weighted by Gasteiger charge is 2.44. The van der Waals surface area contributed by atoms with Crippen LogP contribution in [0.15, 0.2) is 146 Å². The summed E-state index contributed by atoms with van der Waals surface area (Å²) in [6.07, 6.45) is 0.343. The van der Waals surface area contributed by atoms with E-state index in [0.29, 0.717) is 12.8 Å². The fraction of sp³-hybridized carbons (Fsp3) is 0.471. The lowest BCUT2D eigenvalue weighted by Crippen LogP contribution is -2.64. The number of ether oxygens (including phenoxy) is 1. The summed E-state index contributed by atoms with van der Waals surface area (Å²) in [5.41, 5.74) is 1.58. The first-order chi connectivity index (χ1) is 55.8. The van der Waals surface area contributed by atoms with Gasteiger partial charge in [0.1, 0.15) is 47.5 Å². The van der Waals surface area contributed by atoms with Gasteiger partial charge in [-0.2, -0.15) is 0 Å². The molecule has 18 atom stereocenters. The minimum Gasteiger partial charge on any atom is -0.505 e. The van der Waals surface area contributed by atoms with Gasteiger partial charge < -0.3 is 93.4 Å². The van der Waals surface area contributed by atoms with Crippen LogP contribution in [0.4, 0.5) is 0 Å². The predicted octanol–water partition coefficient (Wildman–Crippen LogP) is 2.75. The summed E-state index contributed by atoms with van der Waals surface area (Å²) < 4.78 is 5.55. The number of amides is 11. The van der Waals surface area contributed by atoms with Gasteiger partial charge in [0, 0.05) is 25.6 Å². The predicted molar refractivity (Wildman–Crippen MR) is 433 cm³/mol. The number of aliphatic hydroxyl groups is 3. The number of cyclic esters (lactones) is 1. The number of hydrogen-bond acceptors (Lipinski definition) is 22. The highest BCUT2D eigenvalue weighted by molar-refractivity contribution is 6.01. The third-order valence-corrected chi connectivity index (χ3v) is 20.5. The molecule has 33 heteroatoms. The lowest BCUT2D eigenvalue weighted by Gasteiger charge is -2.37. The van der Waals surface area contributed by atoms with E-state index in [2.05, 4.69) is 68.1 Å². The number of nitrogens with zero attached hydrogens (tertiary/aromatic N) is 4. The van der Waals surface area contributed by atoms with Crippen molar-refractivity contribution in [1.29, 1.82) is 0 Å². The molecule has 6 aromatic rings. The van der Waals surface area contributed by atoms with Crippen LogP contribution in [-0.2, 0) is 67.2 Å². The molecule has 636 valence electrons. The highest BCUT2D eigenvalue weighted by Crippen LogP contribution is 2.25. The van der Waals surface area contributed by atoms with Gasteiger partial charge in [0.05, 0.1) is 72.3 Å². The van der Waals surface area contributed by atoms with E-state index in [1.165, 1.54) is 87.7 Å². The second-order valence-electron chi connectivity index (χ2n) is 31.5. The van der Waals surface area contributed by atoms with Gasteiger partial charge in [0.2, 0.25) is 41.4 Å². The molecule has 3 aromatic carbocycles. The van der Waals surface area contributed by atoms with Crippen molar-refractivity contribution in [3.8, 4) is 17.2 Å². The summed E-state index contributed by atoms with van der Waals surface area (Å²) in [6, 6.07) is 24.5. The Labute approximate surface area is 685 Å². The van der Waals surface area contributed by atoms with Crippen LogP contribution in [0, 0.1) is 35.5 Å². The second kappa shape index (κ2) is 43.8. The van der Waals surface area contributed by atoms with Crippen LogP contribution in [0.25, 0.3) is 0 Å². The van der Waals surface area contributed by atoms with Crippen molar-refractivity contribution < 1.29 is 92.9 Å². The Hall–Kier alpha value is -12.0. The number of aliphatic hydroxyl groups excluding tert-OH is 3. The van der Waals surface area contributed by atoms with Crippen LogP contribution in [-0.4, -0.2) is 219 Å². The van der Waals surface area contributed by atoms with Crippen LogP contribution in [0.2, 0.25) is 0 Å². The fourth-order valence-corrected chi connectivity index (χ4v) is 13.7. The maximum absolute atomic E-state index is 13.7. The van der Waals surface area contributed by atoms with E-state index < -0.39 is 180 Å². The van der Waals surface area contributed by atoms with Crippen molar-refractivity contribution in [2.24, 2.45) is 35.5 Å². The minimum absolute atomic E-state index is 0.00579. The van der Waals surface area contributed by atoms with Gasteiger partial charge in [0.25, 0.3) is 23.6 Å². The second-order valence-corrected chi connectivity index (χ2v) is 31.5. The lowest BCUT2D eigenvalue weighted by atomic mass is 9.90. The molecule has 3 fully saturated rings. The van der Waals surface area contributed by atoms with Crippen molar-refractivity contribution in [1.82, 2.24) is 73.0 Å². The van der Waals surface area contributed by atoms with Crippen molar-refractivity contribution >= 4 is 70.9 Å². The third-order valence-electron chi connectivity index (χ3n) is 20.5. The van der Waals surface area contributed by atoms with Crippen LogP contribution < -0.4 is 53.2 Å². The van der Waals surface area contributed by atoms with Gasteiger partial charge in [0.15, 0.2) is 23.2 Å². The number of hydrogen-bond donors (Lipinski definition) is 16. The van der Waals surface area contributed by atoms with E-state index in [1.54, 1.807) is 20.8 Å². The molecule has 6 heterocycles. The summed E-state index contributed by atoms with van der Waals surface area (Å²) >= 11 is 0. The normalized spacial score (nSPS) is 26.4. The molecule has 16 N–H and O–H groups in total. The largest absolute Gasteiger partial charge is 0.505 e. The number of carbonyl (C=O) groups excluding carboxylic acids is 12. The van der Waals surface area contributed by atoms with Gasteiger partial charge in [-0.05, 0) is 137 Å².